The zero-order valence-electron chi connectivity index (χ0n) is 33.5. The van der Waals surface area contributed by atoms with E-state index in [1.165, 1.54) is 71.5 Å². The summed E-state index contributed by atoms with van der Waals surface area (Å²) in [5, 5.41) is 9.02. The van der Waals surface area contributed by atoms with E-state index in [1.807, 2.05) is 27.7 Å². The summed E-state index contributed by atoms with van der Waals surface area (Å²) in [5.41, 5.74) is 16.1. The van der Waals surface area contributed by atoms with Gasteiger partial charge in [-0.1, -0.05) is 128 Å². The third-order valence-corrected chi connectivity index (χ3v) is 10.7. The molecule has 0 fully saturated rings. The van der Waals surface area contributed by atoms with E-state index in [9.17, 15) is 0 Å². The molecule has 272 valence electrons. The maximum Gasteiger partial charge on any atom is 0.146 e. The largest absolute Gasteiger partial charge is 0.373 e. The molecular weight excluding hydrogens is 633 g/mol. The molecule has 7 rings (SSSR count). The number of allylic oxidation sites excluding steroid dienone is 8. The number of hydrogen-bond donors (Lipinski definition) is 3. The smallest absolute Gasteiger partial charge is 0.146 e. The van der Waals surface area contributed by atoms with Crippen molar-refractivity contribution in [2.45, 2.75) is 91.9 Å². The third-order valence-electron chi connectivity index (χ3n) is 10.7. The van der Waals surface area contributed by atoms with Crippen LogP contribution in [-0.4, -0.2) is 19.0 Å². The van der Waals surface area contributed by atoms with Crippen molar-refractivity contribution in [3.63, 3.8) is 0 Å². The van der Waals surface area contributed by atoms with Gasteiger partial charge in [-0.3, -0.25) is 0 Å². The van der Waals surface area contributed by atoms with Crippen molar-refractivity contribution in [3.8, 4) is 0 Å². The Bertz CT molecular complexity index is 2100. The Morgan fingerprint density at radius 3 is 2.19 bits per heavy atom. The van der Waals surface area contributed by atoms with Gasteiger partial charge in [-0.05, 0) is 82.5 Å². The maximum absolute atomic E-state index is 4.45. The lowest BCUT2D eigenvalue weighted by molar-refractivity contribution is -0.741. The number of benzene rings is 4. The molecular formula is C48H62N4+2. The summed E-state index contributed by atoms with van der Waals surface area (Å²) < 4.78 is 0. The van der Waals surface area contributed by atoms with Crippen LogP contribution >= 0.6 is 0 Å². The standard InChI is InChI=1S/C44H48N4.2C2H6/c1-43(2,40-35-18-9-7-13-30(35)20-23-37(40)45)27-12-17-32-15-11-16-33(42(32)48-28-26-34(29-48)47(5)6)22-25-39-44(3,4)41-36-19-10-8-14-31(36)21-24-38(41)46-39;2*1-2/h7-10,12-14,17-26,28-29,46H,11,15-16,27,45H2,1-6H3;2*1-2H3/p+2/b17-12+,33-22+,39-25+;;. The fourth-order valence-corrected chi connectivity index (χ4v) is 8.13. The SMILES string of the molecule is CC.CC.CN(C)C1=C[NH+](C2=C(/C=C/CC(C)(C)c3c([NH3+])ccc4ccccc34)CCC/C2=C\C=C2\Nc3ccc4ccccc4c3C2(C)C)C=C1. The molecule has 0 bridgehead atoms. The molecule has 0 amide bonds. The first-order valence-corrected chi connectivity index (χ1v) is 19.4. The molecule has 52 heavy (non-hydrogen) atoms. The van der Waals surface area contributed by atoms with Crippen molar-refractivity contribution in [1.29, 1.82) is 0 Å². The molecule has 1 atom stereocenters. The van der Waals surface area contributed by atoms with Crippen LogP contribution in [0.3, 0.4) is 0 Å². The summed E-state index contributed by atoms with van der Waals surface area (Å²) in [4.78, 5) is 3.51. The lowest BCUT2D eigenvalue weighted by atomic mass is 9.77. The molecule has 0 saturated carbocycles. The summed E-state index contributed by atoms with van der Waals surface area (Å²) >= 11 is 0. The van der Waals surface area contributed by atoms with E-state index < -0.39 is 0 Å². The Hall–Kier alpha value is -4.64. The number of rotatable bonds is 7. The molecule has 0 spiro atoms. The van der Waals surface area contributed by atoms with Gasteiger partial charge >= 0.3 is 0 Å². The predicted molar refractivity (Wildman–Crippen MR) is 225 cm³/mol. The second-order valence-corrected chi connectivity index (χ2v) is 15.0. The zero-order valence-corrected chi connectivity index (χ0v) is 33.5. The van der Waals surface area contributed by atoms with Crippen molar-refractivity contribution < 1.29 is 10.6 Å². The van der Waals surface area contributed by atoms with Gasteiger partial charge < -0.3 is 16.0 Å². The summed E-state index contributed by atoms with van der Waals surface area (Å²) in [7, 11) is 4.25. The van der Waals surface area contributed by atoms with Crippen molar-refractivity contribution in [1.82, 2.24) is 4.90 Å². The van der Waals surface area contributed by atoms with E-state index in [-0.39, 0.29) is 10.8 Å². The summed E-state index contributed by atoms with van der Waals surface area (Å²) in [6, 6.07) is 26.3. The van der Waals surface area contributed by atoms with Crippen molar-refractivity contribution in [2.24, 2.45) is 0 Å². The first-order chi connectivity index (χ1) is 25.0. The van der Waals surface area contributed by atoms with Crippen LogP contribution in [0.4, 0.5) is 11.4 Å². The van der Waals surface area contributed by atoms with Crippen LogP contribution in [0.5, 0.6) is 0 Å². The highest BCUT2D eigenvalue weighted by molar-refractivity contribution is 5.94. The second-order valence-electron chi connectivity index (χ2n) is 15.0. The Morgan fingerprint density at radius 1 is 0.846 bits per heavy atom. The number of hydrogen-bond acceptors (Lipinski definition) is 2. The van der Waals surface area contributed by atoms with Crippen LogP contribution in [-0.2, 0) is 10.8 Å². The minimum atomic E-state index is -0.118. The maximum atomic E-state index is 4.45. The van der Waals surface area contributed by atoms with Gasteiger partial charge in [0, 0.05) is 53.7 Å². The fraction of sp³-hybridized carbons (Fsp3) is 0.333. The van der Waals surface area contributed by atoms with Crippen molar-refractivity contribution >= 4 is 32.9 Å². The number of quaternary nitrogens is 2. The Balaban J connectivity index is 0.00000126. The van der Waals surface area contributed by atoms with Gasteiger partial charge in [-0.2, -0.15) is 0 Å². The Morgan fingerprint density at radius 2 is 1.50 bits per heavy atom. The average Bonchev–Trinajstić information content (AvgIpc) is 3.74. The van der Waals surface area contributed by atoms with Gasteiger partial charge in [0.05, 0.1) is 5.70 Å². The molecule has 4 aromatic carbocycles. The monoisotopic (exact) mass is 694 g/mol. The number of fused-ring (bicyclic) bond motifs is 4. The lowest BCUT2D eigenvalue weighted by Crippen LogP contribution is -3.00. The molecule has 4 nitrogen and oxygen atoms in total. The molecule has 0 saturated heterocycles. The van der Waals surface area contributed by atoms with Crippen LogP contribution in [0.25, 0.3) is 21.5 Å². The second kappa shape index (κ2) is 16.4. The fourth-order valence-electron chi connectivity index (χ4n) is 8.13. The predicted octanol–water partition coefficient (Wildman–Crippen LogP) is 10.6. The number of nitrogens with zero attached hydrogens (tertiary/aromatic N) is 1. The van der Waals surface area contributed by atoms with Crippen LogP contribution in [0, 0.1) is 0 Å². The average molecular weight is 695 g/mol. The van der Waals surface area contributed by atoms with Gasteiger partial charge in [0.15, 0.2) is 0 Å². The summed E-state index contributed by atoms with van der Waals surface area (Å²) in [6.07, 6.45) is 20.7. The lowest BCUT2D eigenvalue weighted by Gasteiger charge is -2.26. The topological polar surface area (TPSA) is 47.4 Å². The van der Waals surface area contributed by atoms with Crippen molar-refractivity contribution in [2.75, 3.05) is 19.4 Å². The van der Waals surface area contributed by atoms with Gasteiger partial charge in [-0.15, -0.1) is 0 Å². The van der Waals surface area contributed by atoms with Crippen LogP contribution < -0.4 is 16.0 Å². The van der Waals surface area contributed by atoms with Crippen LogP contribution in [0.2, 0.25) is 0 Å². The number of nitrogens with one attached hydrogen (secondary N) is 2. The van der Waals surface area contributed by atoms with Crippen LogP contribution in [0.1, 0.15) is 92.2 Å². The van der Waals surface area contributed by atoms with Gasteiger partial charge in [0.25, 0.3) is 0 Å². The Kier molecular flexibility index (Phi) is 12.1. The van der Waals surface area contributed by atoms with Crippen molar-refractivity contribution in [3.05, 3.63) is 155 Å². The van der Waals surface area contributed by atoms with Gasteiger partial charge in [0.2, 0.25) is 0 Å². The molecule has 3 aliphatic rings. The minimum Gasteiger partial charge on any atom is -0.373 e. The Labute approximate surface area is 313 Å². The third kappa shape index (κ3) is 7.60. The molecule has 5 N–H and O–H groups in total. The number of anilines is 1. The zero-order chi connectivity index (χ0) is 37.6. The molecule has 0 radical (unpaired) electrons. The molecule has 1 aliphatic carbocycles. The summed E-state index contributed by atoms with van der Waals surface area (Å²) in [5.74, 6) is 0. The molecule has 1 unspecified atom stereocenters. The molecule has 0 aromatic heterocycles. The van der Waals surface area contributed by atoms with Crippen LogP contribution in [0.15, 0.2) is 144 Å². The van der Waals surface area contributed by atoms with E-state index in [4.69, 9.17) is 0 Å². The molecule has 4 aromatic rings. The van der Waals surface area contributed by atoms with Gasteiger partial charge in [-0.25, -0.2) is 4.90 Å². The first kappa shape index (κ1) is 38.6. The van der Waals surface area contributed by atoms with E-state index in [2.05, 4.69) is 173 Å². The molecule has 2 aliphatic heterocycles. The number of likely N-dealkylation sites (N-methyl/N-ethyl adjacent to an activating group) is 1. The highest BCUT2D eigenvalue weighted by Gasteiger charge is 2.36. The van der Waals surface area contributed by atoms with E-state index in [0.29, 0.717) is 0 Å². The summed E-state index contributed by atoms with van der Waals surface area (Å²) in [6.45, 7) is 17.4. The van der Waals surface area contributed by atoms with E-state index in [0.717, 1.165) is 31.4 Å². The van der Waals surface area contributed by atoms with E-state index >= 15 is 0 Å². The minimum absolute atomic E-state index is 0.0514. The highest BCUT2D eigenvalue weighted by atomic mass is 15.2. The normalized spacial score (nSPS) is 19.4. The molecule has 2 heterocycles. The quantitative estimate of drug-likeness (QED) is 0.180. The van der Waals surface area contributed by atoms with Gasteiger partial charge in [0.1, 0.15) is 23.8 Å². The highest BCUT2D eigenvalue weighted by Crippen LogP contribution is 2.47. The first-order valence-electron chi connectivity index (χ1n) is 19.4. The van der Waals surface area contributed by atoms with E-state index in [1.54, 1.807) is 0 Å². The molecule has 4 heteroatoms.